The van der Waals surface area contributed by atoms with E-state index < -0.39 is 10.6 Å². The van der Waals surface area contributed by atoms with Gasteiger partial charge in [-0.15, -0.1) is 0 Å². The molecule has 138 valence electrons. The van der Waals surface area contributed by atoms with Crippen LogP contribution in [0, 0.1) is 17.0 Å². The summed E-state index contributed by atoms with van der Waals surface area (Å²) in [4.78, 5) is 23.4. The van der Waals surface area contributed by atoms with Crippen LogP contribution in [0.5, 0.6) is 23.3 Å². The average molecular weight is 374 g/mol. The zero-order chi connectivity index (χ0) is 19.5. The zero-order valence-electron chi connectivity index (χ0n) is 14.8. The summed E-state index contributed by atoms with van der Waals surface area (Å²) in [7, 11) is 0. The first-order valence-electron chi connectivity index (χ1n) is 8.38. The first-order chi connectivity index (χ1) is 13.6. The van der Waals surface area contributed by atoms with Crippen LogP contribution in [0.3, 0.4) is 0 Å². The van der Waals surface area contributed by atoms with Crippen LogP contribution in [0.1, 0.15) is 5.69 Å². The van der Waals surface area contributed by atoms with Gasteiger partial charge >= 0.3 is 17.4 Å². The highest BCUT2D eigenvalue weighted by molar-refractivity contribution is 5.85. The average Bonchev–Trinajstić information content (AvgIpc) is 2.69. The molecule has 0 N–H and O–H groups in total. The summed E-state index contributed by atoms with van der Waals surface area (Å²) in [5.41, 5.74) is 0.922. The highest BCUT2D eigenvalue weighted by Gasteiger charge is 2.27. The fraction of sp³-hybridized carbons (Fsp3) is 0.0500. The number of fused-ring (bicyclic) bond motifs is 1. The van der Waals surface area contributed by atoms with Crippen molar-refractivity contribution in [1.82, 2.24) is 15.0 Å². The summed E-state index contributed by atoms with van der Waals surface area (Å²) in [6, 6.07) is 17.8. The largest absolute Gasteiger partial charge is 0.433 e. The second kappa shape index (κ2) is 7.28. The van der Waals surface area contributed by atoms with E-state index in [1.54, 1.807) is 36.4 Å². The number of benzene rings is 2. The number of aromatic nitrogens is 3. The van der Waals surface area contributed by atoms with E-state index in [0.717, 1.165) is 17.4 Å². The molecule has 0 saturated heterocycles. The van der Waals surface area contributed by atoms with E-state index >= 15 is 0 Å². The Hall–Kier alpha value is -4.07. The van der Waals surface area contributed by atoms with Gasteiger partial charge in [-0.05, 0) is 31.2 Å². The standard InChI is InChI=1S/C20H14N4O4/c1-13-10-11-14-6-5-9-16(17(14)23-13)28-20-18(24(25)26)19(21-12-22-20)27-15-7-3-2-4-8-15/h2-12H,1H3. The van der Waals surface area contributed by atoms with Crippen molar-refractivity contribution in [1.29, 1.82) is 0 Å². The van der Waals surface area contributed by atoms with Crippen molar-refractivity contribution in [3.05, 3.63) is 82.8 Å². The third-order valence-electron chi connectivity index (χ3n) is 3.92. The van der Waals surface area contributed by atoms with Crippen LogP contribution in [0.4, 0.5) is 5.69 Å². The lowest BCUT2D eigenvalue weighted by Crippen LogP contribution is -2.01. The van der Waals surface area contributed by atoms with E-state index in [9.17, 15) is 10.1 Å². The molecule has 8 nitrogen and oxygen atoms in total. The Kier molecular flexibility index (Phi) is 4.51. The van der Waals surface area contributed by atoms with Gasteiger partial charge in [-0.2, -0.15) is 9.97 Å². The zero-order valence-corrected chi connectivity index (χ0v) is 14.8. The van der Waals surface area contributed by atoms with Crippen molar-refractivity contribution in [2.45, 2.75) is 6.92 Å². The van der Waals surface area contributed by atoms with Gasteiger partial charge in [-0.25, -0.2) is 4.98 Å². The minimum atomic E-state index is -0.628. The third-order valence-corrected chi connectivity index (χ3v) is 3.92. The van der Waals surface area contributed by atoms with Crippen LogP contribution in [0.2, 0.25) is 0 Å². The number of nitro groups is 1. The first-order valence-corrected chi connectivity index (χ1v) is 8.38. The summed E-state index contributed by atoms with van der Waals surface area (Å²) in [6.45, 7) is 1.86. The lowest BCUT2D eigenvalue weighted by molar-refractivity contribution is -0.387. The monoisotopic (exact) mass is 374 g/mol. The predicted octanol–water partition coefficient (Wildman–Crippen LogP) is 4.83. The van der Waals surface area contributed by atoms with Gasteiger partial charge in [0.05, 0.1) is 4.92 Å². The molecule has 0 aliphatic heterocycles. The van der Waals surface area contributed by atoms with Crippen molar-refractivity contribution in [3.63, 3.8) is 0 Å². The summed E-state index contributed by atoms with van der Waals surface area (Å²) in [5, 5.41) is 12.5. The summed E-state index contributed by atoms with van der Waals surface area (Å²) in [5.74, 6) is 0.346. The van der Waals surface area contributed by atoms with Crippen molar-refractivity contribution >= 4 is 16.6 Å². The fourth-order valence-corrected chi connectivity index (χ4v) is 2.66. The topological polar surface area (TPSA) is 100 Å². The lowest BCUT2D eigenvalue weighted by Gasteiger charge is -2.10. The summed E-state index contributed by atoms with van der Waals surface area (Å²) < 4.78 is 11.3. The van der Waals surface area contributed by atoms with Crippen LogP contribution in [0.25, 0.3) is 10.9 Å². The molecule has 0 unspecified atom stereocenters. The molecule has 0 radical (unpaired) electrons. The number of para-hydroxylation sites is 2. The van der Waals surface area contributed by atoms with Gasteiger partial charge in [-0.1, -0.05) is 36.4 Å². The Morgan fingerprint density at radius 2 is 1.64 bits per heavy atom. The quantitative estimate of drug-likeness (QED) is 0.364. The maximum absolute atomic E-state index is 11.7. The Labute approximate surface area is 159 Å². The second-order valence-corrected chi connectivity index (χ2v) is 5.89. The molecule has 2 aromatic heterocycles. The van der Waals surface area contributed by atoms with Gasteiger partial charge in [0, 0.05) is 11.1 Å². The molecule has 0 amide bonds. The number of ether oxygens (including phenoxy) is 2. The molecule has 0 spiro atoms. The van der Waals surface area contributed by atoms with Crippen LogP contribution in [-0.2, 0) is 0 Å². The van der Waals surface area contributed by atoms with Gasteiger partial charge in [0.15, 0.2) is 5.75 Å². The minimum Gasteiger partial charge on any atom is -0.433 e. The number of rotatable bonds is 5. The van der Waals surface area contributed by atoms with E-state index in [4.69, 9.17) is 9.47 Å². The lowest BCUT2D eigenvalue weighted by atomic mass is 10.2. The molecule has 0 fully saturated rings. The summed E-state index contributed by atoms with van der Waals surface area (Å²) in [6.07, 6.45) is 1.16. The number of hydrogen-bond donors (Lipinski definition) is 0. The number of aryl methyl sites for hydroxylation is 1. The van der Waals surface area contributed by atoms with Crippen LogP contribution >= 0.6 is 0 Å². The van der Waals surface area contributed by atoms with Gasteiger partial charge in [0.25, 0.3) is 0 Å². The Morgan fingerprint density at radius 3 is 2.39 bits per heavy atom. The third kappa shape index (κ3) is 3.43. The molecule has 0 bridgehead atoms. The molecule has 2 aromatic carbocycles. The van der Waals surface area contributed by atoms with Gasteiger partial charge in [0.2, 0.25) is 0 Å². The highest BCUT2D eigenvalue weighted by atomic mass is 16.6. The molecular weight excluding hydrogens is 360 g/mol. The van der Waals surface area contributed by atoms with Crippen molar-refractivity contribution in [2.75, 3.05) is 0 Å². The Balaban J connectivity index is 1.77. The smallest absolute Gasteiger partial charge is 0.393 e. The molecule has 0 aliphatic carbocycles. The number of nitrogens with zero attached hydrogens (tertiary/aromatic N) is 4. The molecule has 0 atom stereocenters. The van der Waals surface area contributed by atoms with E-state index in [1.807, 2.05) is 31.2 Å². The second-order valence-electron chi connectivity index (χ2n) is 5.89. The minimum absolute atomic E-state index is 0.203. The number of hydrogen-bond acceptors (Lipinski definition) is 7. The van der Waals surface area contributed by atoms with Crippen LogP contribution < -0.4 is 9.47 Å². The normalized spacial score (nSPS) is 10.6. The van der Waals surface area contributed by atoms with E-state index in [0.29, 0.717) is 17.0 Å². The number of pyridine rings is 1. The Bertz CT molecular complexity index is 1170. The molecule has 2 heterocycles. The van der Waals surface area contributed by atoms with Crippen molar-refractivity contribution < 1.29 is 14.4 Å². The molecule has 4 aromatic rings. The maximum atomic E-state index is 11.7. The predicted molar refractivity (Wildman–Crippen MR) is 102 cm³/mol. The van der Waals surface area contributed by atoms with Crippen LogP contribution in [0.15, 0.2) is 67.0 Å². The van der Waals surface area contributed by atoms with E-state index in [2.05, 4.69) is 15.0 Å². The molecule has 28 heavy (non-hydrogen) atoms. The van der Waals surface area contributed by atoms with Gasteiger partial charge in [0.1, 0.15) is 17.6 Å². The van der Waals surface area contributed by atoms with E-state index in [-0.39, 0.29) is 11.8 Å². The van der Waals surface area contributed by atoms with Crippen LogP contribution in [-0.4, -0.2) is 19.9 Å². The Morgan fingerprint density at radius 1 is 0.893 bits per heavy atom. The van der Waals surface area contributed by atoms with Gasteiger partial charge < -0.3 is 9.47 Å². The highest BCUT2D eigenvalue weighted by Crippen LogP contribution is 2.38. The first kappa shape index (κ1) is 17.3. The molecule has 0 saturated carbocycles. The molecule has 8 heteroatoms. The van der Waals surface area contributed by atoms with Gasteiger partial charge in [-0.3, -0.25) is 10.1 Å². The molecule has 0 aliphatic rings. The van der Waals surface area contributed by atoms with Crippen molar-refractivity contribution in [2.24, 2.45) is 0 Å². The SMILES string of the molecule is Cc1ccc2cccc(Oc3ncnc(Oc4ccccc4)c3[N+](=O)[O-])c2n1. The molecule has 4 rings (SSSR count). The maximum Gasteiger partial charge on any atom is 0.393 e. The van der Waals surface area contributed by atoms with Crippen molar-refractivity contribution in [3.8, 4) is 23.3 Å². The molecular formula is C20H14N4O4. The fourth-order valence-electron chi connectivity index (χ4n) is 2.66. The van der Waals surface area contributed by atoms with E-state index in [1.165, 1.54) is 0 Å². The summed E-state index contributed by atoms with van der Waals surface area (Å²) >= 11 is 0.